The minimum atomic E-state index is -0.232. The normalized spacial score (nSPS) is 12.4. The lowest BCUT2D eigenvalue weighted by Crippen LogP contribution is -2.17. The van der Waals surface area contributed by atoms with Gasteiger partial charge in [0.25, 0.3) is 0 Å². The van der Waals surface area contributed by atoms with Gasteiger partial charge in [0.2, 0.25) is 0 Å². The number of halogens is 1. The van der Waals surface area contributed by atoms with Crippen LogP contribution in [0.15, 0.2) is 24.3 Å². The van der Waals surface area contributed by atoms with Crippen LogP contribution >= 0.6 is 11.3 Å². The van der Waals surface area contributed by atoms with Crippen molar-refractivity contribution < 1.29 is 4.39 Å². The van der Waals surface area contributed by atoms with E-state index in [1.54, 1.807) is 28.4 Å². The van der Waals surface area contributed by atoms with Crippen LogP contribution in [0.25, 0.3) is 0 Å². The third kappa shape index (κ3) is 2.99. The van der Waals surface area contributed by atoms with E-state index in [-0.39, 0.29) is 11.9 Å². The van der Waals surface area contributed by atoms with Gasteiger partial charge in [-0.2, -0.15) is 0 Å². The van der Waals surface area contributed by atoms with E-state index in [1.165, 1.54) is 10.9 Å². The molecule has 2 rings (SSSR count). The van der Waals surface area contributed by atoms with E-state index in [2.05, 4.69) is 24.1 Å². The first-order valence-corrected chi connectivity index (χ1v) is 7.55. The minimum absolute atomic E-state index is 0.232. The van der Waals surface area contributed by atoms with E-state index < -0.39 is 0 Å². The van der Waals surface area contributed by atoms with E-state index in [0.717, 1.165) is 17.4 Å². The summed E-state index contributed by atoms with van der Waals surface area (Å²) in [5, 5.41) is 4.20. The Morgan fingerprint density at radius 3 is 2.75 bits per heavy atom. The summed E-state index contributed by atoms with van der Waals surface area (Å²) in [7, 11) is 1.85. The van der Waals surface area contributed by atoms with E-state index in [1.807, 2.05) is 20.0 Å². The molecule has 0 saturated carbocycles. The zero-order valence-corrected chi connectivity index (χ0v) is 13.1. The Bertz CT molecular complexity index is 582. The SMILES string of the molecule is CCNC(C)c1sc(N(C)c2ccccc2F)nc1C. The third-order valence-corrected chi connectivity index (χ3v) is 4.64. The van der Waals surface area contributed by atoms with Gasteiger partial charge in [-0.15, -0.1) is 0 Å². The number of hydrogen-bond acceptors (Lipinski definition) is 4. The highest BCUT2D eigenvalue weighted by atomic mass is 32.1. The fraction of sp³-hybridized carbons (Fsp3) is 0.400. The first kappa shape index (κ1) is 14.9. The summed E-state index contributed by atoms with van der Waals surface area (Å²) >= 11 is 1.60. The second-order valence-corrected chi connectivity index (χ2v) is 5.74. The van der Waals surface area contributed by atoms with Crippen LogP contribution in [0.4, 0.5) is 15.2 Å². The Hall–Kier alpha value is -1.46. The molecule has 5 heteroatoms. The smallest absolute Gasteiger partial charge is 0.190 e. The summed E-state index contributed by atoms with van der Waals surface area (Å²) in [6.07, 6.45) is 0. The largest absolute Gasteiger partial charge is 0.318 e. The van der Waals surface area contributed by atoms with Gasteiger partial charge in [0.15, 0.2) is 5.13 Å². The van der Waals surface area contributed by atoms with E-state index >= 15 is 0 Å². The molecule has 1 atom stereocenters. The number of hydrogen-bond donors (Lipinski definition) is 1. The van der Waals surface area contributed by atoms with Gasteiger partial charge in [0.05, 0.1) is 11.4 Å². The summed E-state index contributed by atoms with van der Waals surface area (Å²) in [6, 6.07) is 7.02. The lowest BCUT2D eigenvalue weighted by molar-refractivity contribution is 0.603. The summed E-state index contributed by atoms with van der Waals surface area (Å²) in [6.45, 7) is 7.12. The van der Waals surface area contributed by atoms with Crippen molar-refractivity contribution in [1.29, 1.82) is 0 Å². The average Bonchev–Trinajstić information content (AvgIpc) is 2.81. The molecule has 0 radical (unpaired) electrons. The van der Waals surface area contributed by atoms with Gasteiger partial charge in [-0.25, -0.2) is 9.37 Å². The quantitative estimate of drug-likeness (QED) is 0.902. The summed E-state index contributed by atoms with van der Waals surface area (Å²) in [5.41, 5.74) is 1.55. The third-order valence-electron chi connectivity index (χ3n) is 3.23. The highest BCUT2D eigenvalue weighted by Crippen LogP contribution is 2.34. The number of nitrogens with zero attached hydrogens (tertiary/aromatic N) is 2. The molecule has 2 aromatic rings. The number of anilines is 2. The molecule has 3 nitrogen and oxygen atoms in total. The zero-order chi connectivity index (χ0) is 14.7. The first-order chi connectivity index (χ1) is 9.54. The molecule has 1 N–H and O–H groups in total. The first-order valence-electron chi connectivity index (χ1n) is 6.73. The Labute approximate surface area is 123 Å². The van der Waals surface area contributed by atoms with Crippen LogP contribution in [-0.4, -0.2) is 18.6 Å². The number of benzene rings is 1. The summed E-state index contributed by atoms with van der Waals surface area (Å²) in [4.78, 5) is 7.57. The second kappa shape index (κ2) is 6.33. The van der Waals surface area contributed by atoms with E-state index in [4.69, 9.17) is 0 Å². The van der Waals surface area contributed by atoms with Crippen LogP contribution in [0.3, 0.4) is 0 Å². The Kier molecular flexibility index (Phi) is 4.73. The van der Waals surface area contributed by atoms with Crippen molar-refractivity contribution in [2.24, 2.45) is 0 Å². The highest BCUT2D eigenvalue weighted by molar-refractivity contribution is 7.15. The minimum Gasteiger partial charge on any atom is -0.318 e. The molecule has 0 aliphatic carbocycles. The molecule has 1 aromatic carbocycles. The molecule has 0 bridgehead atoms. The van der Waals surface area contributed by atoms with Gasteiger partial charge < -0.3 is 10.2 Å². The molecule has 0 aliphatic rings. The molecule has 1 unspecified atom stereocenters. The highest BCUT2D eigenvalue weighted by Gasteiger charge is 2.17. The predicted molar refractivity (Wildman–Crippen MR) is 83.4 cm³/mol. The maximum absolute atomic E-state index is 13.8. The lowest BCUT2D eigenvalue weighted by atomic mass is 10.2. The predicted octanol–water partition coefficient (Wildman–Crippen LogP) is 4.03. The maximum Gasteiger partial charge on any atom is 0.190 e. The van der Waals surface area contributed by atoms with Crippen molar-refractivity contribution in [1.82, 2.24) is 10.3 Å². The van der Waals surface area contributed by atoms with Crippen LogP contribution in [0.1, 0.15) is 30.5 Å². The Morgan fingerprint density at radius 1 is 1.40 bits per heavy atom. The molecular weight excluding hydrogens is 273 g/mol. The molecule has 0 amide bonds. The van der Waals surface area contributed by atoms with Crippen molar-refractivity contribution in [2.75, 3.05) is 18.5 Å². The van der Waals surface area contributed by atoms with Crippen LogP contribution < -0.4 is 10.2 Å². The van der Waals surface area contributed by atoms with Gasteiger partial charge in [0, 0.05) is 18.0 Å². The second-order valence-electron chi connectivity index (χ2n) is 4.74. The van der Waals surface area contributed by atoms with Crippen LogP contribution in [0, 0.1) is 12.7 Å². The average molecular weight is 293 g/mol. The fourth-order valence-corrected chi connectivity index (χ4v) is 3.23. The fourth-order valence-electron chi connectivity index (χ4n) is 2.16. The van der Waals surface area contributed by atoms with Gasteiger partial charge >= 0.3 is 0 Å². The summed E-state index contributed by atoms with van der Waals surface area (Å²) < 4.78 is 13.8. The van der Waals surface area contributed by atoms with Crippen molar-refractivity contribution in [3.63, 3.8) is 0 Å². The van der Waals surface area contributed by atoms with Crippen LogP contribution in [0.5, 0.6) is 0 Å². The molecule has 0 aliphatic heterocycles. The molecule has 0 spiro atoms. The lowest BCUT2D eigenvalue weighted by Gasteiger charge is -2.16. The monoisotopic (exact) mass is 293 g/mol. The number of aromatic nitrogens is 1. The topological polar surface area (TPSA) is 28.2 Å². The molecular formula is C15H20FN3S. The number of thiazole rings is 1. The van der Waals surface area contributed by atoms with Gasteiger partial charge in [-0.05, 0) is 32.5 Å². The molecule has 1 aromatic heterocycles. The number of para-hydroxylation sites is 1. The van der Waals surface area contributed by atoms with Gasteiger partial charge in [-0.3, -0.25) is 0 Å². The van der Waals surface area contributed by atoms with E-state index in [0.29, 0.717) is 5.69 Å². The standard InChI is InChI=1S/C15H20FN3S/c1-5-17-10(2)14-11(3)18-15(20-14)19(4)13-9-7-6-8-12(13)16/h6-10,17H,5H2,1-4H3. The molecule has 108 valence electrons. The number of nitrogens with one attached hydrogen (secondary N) is 1. The van der Waals surface area contributed by atoms with Gasteiger partial charge in [0.1, 0.15) is 5.82 Å². The molecule has 0 saturated heterocycles. The summed E-state index contributed by atoms with van der Waals surface area (Å²) in [5.74, 6) is -0.232. The van der Waals surface area contributed by atoms with Crippen LogP contribution in [-0.2, 0) is 0 Å². The maximum atomic E-state index is 13.8. The number of aryl methyl sites for hydroxylation is 1. The van der Waals surface area contributed by atoms with Gasteiger partial charge in [-0.1, -0.05) is 30.4 Å². The molecule has 20 heavy (non-hydrogen) atoms. The van der Waals surface area contributed by atoms with Crippen molar-refractivity contribution in [2.45, 2.75) is 26.8 Å². The Morgan fingerprint density at radius 2 is 2.10 bits per heavy atom. The van der Waals surface area contributed by atoms with Crippen molar-refractivity contribution >= 4 is 22.2 Å². The van der Waals surface area contributed by atoms with Crippen LogP contribution in [0.2, 0.25) is 0 Å². The van der Waals surface area contributed by atoms with Crippen molar-refractivity contribution in [3.05, 3.63) is 40.7 Å². The van der Waals surface area contributed by atoms with Crippen molar-refractivity contribution in [3.8, 4) is 0 Å². The van der Waals surface area contributed by atoms with E-state index in [9.17, 15) is 4.39 Å². The number of rotatable bonds is 5. The zero-order valence-electron chi connectivity index (χ0n) is 12.3. The molecule has 1 heterocycles. The Balaban J connectivity index is 2.30. The molecule has 0 fully saturated rings.